The molecule has 2 fully saturated rings. The van der Waals surface area contributed by atoms with Gasteiger partial charge in [0.25, 0.3) is 0 Å². The predicted molar refractivity (Wildman–Crippen MR) is 82.5 cm³/mol. The van der Waals surface area contributed by atoms with Gasteiger partial charge in [-0.1, -0.05) is 0 Å². The van der Waals surface area contributed by atoms with Gasteiger partial charge in [-0.3, -0.25) is 9.78 Å². The second-order valence-electron chi connectivity index (χ2n) is 5.95. The van der Waals surface area contributed by atoms with Gasteiger partial charge in [0.1, 0.15) is 6.61 Å². The van der Waals surface area contributed by atoms with Crippen LogP contribution in [0.5, 0.6) is 0 Å². The molecule has 1 saturated carbocycles. The maximum absolute atomic E-state index is 12.0. The molecular weight excluding hydrogens is 266 g/mol. The summed E-state index contributed by atoms with van der Waals surface area (Å²) in [6.45, 7) is 2.93. The largest absolute Gasteiger partial charge is 0.371 e. The molecule has 1 N–H and O–H groups in total. The van der Waals surface area contributed by atoms with Gasteiger partial charge in [-0.2, -0.15) is 0 Å². The lowest BCUT2D eigenvalue weighted by atomic mass is 10.1. The molecule has 0 unspecified atom stereocenters. The number of hydrogen-bond acceptors (Lipinski definition) is 4. The van der Waals surface area contributed by atoms with Crippen LogP contribution in [0.25, 0.3) is 0 Å². The highest BCUT2D eigenvalue weighted by molar-refractivity contribution is 5.94. The molecule has 1 aliphatic carbocycles. The fraction of sp³-hybridized carbons (Fsp3) is 0.625. The molecule has 114 valence electrons. The van der Waals surface area contributed by atoms with E-state index in [1.165, 1.54) is 32.1 Å². The van der Waals surface area contributed by atoms with E-state index in [1.807, 2.05) is 6.07 Å². The predicted octanol–water partition coefficient (Wildman–Crippen LogP) is 2.44. The number of carbonyl (C=O) groups is 1. The number of aromatic nitrogens is 1. The van der Waals surface area contributed by atoms with Gasteiger partial charge in [-0.25, -0.2) is 0 Å². The second kappa shape index (κ2) is 6.89. The van der Waals surface area contributed by atoms with Gasteiger partial charge in [-0.15, -0.1) is 0 Å². The van der Waals surface area contributed by atoms with Crippen molar-refractivity contribution in [3.63, 3.8) is 0 Å². The summed E-state index contributed by atoms with van der Waals surface area (Å²) in [5.74, 6) is 0.585. The molecule has 1 aromatic rings. The summed E-state index contributed by atoms with van der Waals surface area (Å²) in [7, 11) is 0. The van der Waals surface area contributed by atoms with E-state index in [1.54, 1.807) is 12.4 Å². The van der Waals surface area contributed by atoms with E-state index in [0.717, 1.165) is 24.5 Å². The van der Waals surface area contributed by atoms with E-state index in [2.05, 4.69) is 15.2 Å². The summed E-state index contributed by atoms with van der Waals surface area (Å²) in [5.41, 5.74) is 1.86. The maximum Gasteiger partial charge on any atom is 0.250 e. The zero-order chi connectivity index (χ0) is 14.5. The summed E-state index contributed by atoms with van der Waals surface area (Å²) in [5, 5.41) is 2.93. The number of rotatable bonds is 6. The maximum atomic E-state index is 12.0. The smallest absolute Gasteiger partial charge is 0.250 e. The average molecular weight is 289 g/mol. The first kappa shape index (κ1) is 14.3. The number of piperidine rings is 1. The molecular formula is C16H23N3O2. The topological polar surface area (TPSA) is 54.5 Å². The van der Waals surface area contributed by atoms with Crippen LogP contribution in [0.1, 0.15) is 32.1 Å². The van der Waals surface area contributed by atoms with Crippen molar-refractivity contribution in [2.24, 2.45) is 5.92 Å². The molecule has 1 amide bonds. The molecule has 5 nitrogen and oxygen atoms in total. The minimum Gasteiger partial charge on any atom is -0.371 e. The summed E-state index contributed by atoms with van der Waals surface area (Å²) >= 11 is 0. The molecule has 0 atom stereocenters. The Morgan fingerprint density at radius 2 is 2.14 bits per heavy atom. The van der Waals surface area contributed by atoms with Crippen LogP contribution in [0.2, 0.25) is 0 Å². The molecule has 1 aliphatic heterocycles. The van der Waals surface area contributed by atoms with Crippen LogP contribution in [0.4, 0.5) is 11.4 Å². The molecule has 0 aromatic carbocycles. The fourth-order valence-corrected chi connectivity index (χ4v) is 2.68. The van der Waals surface area contributed by atoms with E-state index in [4.69, 9.17) is 4.74 Å². The first-order valence-corrected chi connectivity index (χ1v) is 7.89. The zero-order valence-corrected chi connectivity index (χ0v) is 12.4. The Kier molecular flexibility index (Phi) is 4.70. The van der Waals surface area contributed by atoms with Crippen molar-refractivity contribution >= 4 is 17.3 Å². The highest BCUT2D eigenvalue weighted by atomic mass is 16.5. The summed E-state index contributed by atoms with van der Waals surface area (Å²) < 4.78 is 5.43. The summed E-state index contributed by atoms with van der Waals surface area (Å²) in [6.07, 6.45) is 9.69. The zero-order valence-electron chi connectivity index (χ0n) is 12.4. The number of nitrogens with zero attached hydrogens (tertiary/aromatic N) is 2. The lowest BCUT2D eigenvalue weighted by Gasteiger charge is -2.30. The normalized spacial score (nSPS) is 18.6. The van der Waals surface area contributed by atoms with Crippen LogP contribution in [-0.4, -0.2) is 37.2 Å². The van der Waals surface area contributed by atoms with Crippen LogP contribution in [0, 0.1) is 5.92 Å². The van der Waals surface area contributed by atoms with E-state index in [9.17, 15) is 4.79 Å². The molecule has 2 heterocycles. The van der Waals surface area contributed by atoms with E-state index in [-0.39, 0.29) is 12.5 Å². The van der Waals surface area contributed by atoms with Crippen LogP contribution < -0.4 is 10.2 Å². The first-order chi connectivity index (χ1) is 10.3. The van der Waals surface area contributed by atoms with Crippen LogP contribution in [0.15, 0.2) is 18.5 Å². The Labute approximate surface area is 125 Å². The van der Waals surface area contributed by atoms with Gasteiger partial charge in [0, 0.05) is 19.3 Å². The van der Waals surface area contributed by atoms with Gasteiger partial charge in [0.05, 0.1) is 24.2 Å². The second-order valence-corrected chi connectivity index (χ2v) is 5.95. The molecule has 0 radical (unpaired) electrons. The number of nitrogens with one attached hydrogen (secondary N) is 1. The number of amides is 1. The van der Waals surface area contributed by atoms with Crippen molar-refractivity contribution in [3.05, 3.63) is 18.5 Å². The molecule has 2 aliphatic rings. The molecule has 5 heteroatoms. The van der Waals surface area contributed by atoms with Gasteiger partial charge in [0.2, 0.25) is 5.91 Å². The third-order valence-electron chi connectivity index (χ3n) is 4.05. The van der Waals surface area contributed by atoms with Crippen molar-refractivity contribution in [1.29, 1.82) is 0 Å². The van der Waals surface area contributed by atoms with E-state index in [0.29, 0.717) is 12.5 Å². The quantitative estimate of drug-likeness (QED) is 0.874. The third-order valence-corrected chi connectivity index (χ3v) is 4.05. The highest BCUT2D eigenvalue weighted by Gasteiger charge is 2.22. The van der Waals surface area contributed by atoms with Crippen LogP contribution >= 0.6 is 0 Å². The minimum absolute atomic E-state index is 0.0955. The Bertz CT molecular complexity index is 482. The SMILES string of the molecule is O=C(COCC1CC1)Nc1cnccc1N1CCCCC1. The summed E-state index contributed by atoms with van der Waals surface area (Å²) in [6, 6.07) is 1.98. The van der Waals surface area contributed by atoms with Crippen molar-refractivity contribution in [3.8, 4) is 0 Å². The molecule has 3 rings (SSSR count). The molecule has 21 heavy (non-hydrogen) atoms. The Balaban J connectivity index is 1.56. The highest BCUT2D eigenvalue weighted by Crippen LogP contribution is 2.29. The number of ether oxygens (including phenoxy) is 1. The molecule has 0 spiro atoms. The van der Waals surface area contributed by atoms with E-state index >= 15 is 0 Å². The van der Waals surface area contributed by atoms with Crippen molar-refractivity contribution in [1.82, 2.24) is 4.98 Å². The van der Waals surface area contributed by atoms with E-state index < -0.39 is 0 Å². The van der Waals surface area contributed by atoms with Crippen molar-refractivity contribution < 1.29 is 9.53 Å². The van der Waals surface area contributed by atoms with Crippen molar-refractivity contribution in [2.75, 3.05) is 36.5 Å². The van der Waals surface area contributed by atoms with Gasteiger partial charge < -0.3 is 15.0 Å². The summed E-state index contributed by atoms with van der Waals surface area (Å²) in [4.78, 5) is 18.4. The molecule has 0 bridgehead atoms. The number of hydrogen-bond donors (Lipinski definition) is 1. The standard InChI is InChI=1S/C16H23N3O2/c20-16(12-21-11-13-4-5-13)18-14-10-17-7-6-15(14)19-8-2-1-3-9-19/h6-7,10,13H,1-5,8-9,11-12H2,(H,18,20). The number of anilines is 2. The monoisotopic (exact) mass is 289 g/mol. The average Bonchev–Trinajstić information content (AvgIpc) is 3.33. The Hall–Kier alpha value is -1.62. The molecule has 1 aromatic heterocycles. The van der Waals surface area contributed by atoms with Crippen LogP contribution in [0.3, 0.4) is 0 Å². The Morgan fingerprint density at radius 3 is 2.90 bits per heavy atom. The third kappa shape index (κ3) is 4.17. The lowest BCUT2D eigenvalue weighted by molar-refractivity contribution is -0.120. The number of pyridine rings is 1. The van der Waals surface area contributed by atoms with Crippen molar-refractivity contribution in [2.45, 2.75) is 32.1 Å². The number of carbonyl (C=O) groups excluding carboxylic acids is 1. The van der Waals surface area contributed by atoms with Gasteiger partial charge in [-0.05, 0) is 44.1 Å². The van der Waals surface area contributed by atoms with Gasteiger partial charge >= 0.3 is 0 Å². The van der Waals surface area contributed by atoms with Crippen LogP contribution in [-0.2, 0) is 9.53 Å². The lowest BCUT2D eigenvalue weighted by Crippen LogP contribution is -2.30. The first-order valence-electron chi connectivity index (χ1n) is 7.89. The molecule has 1 saturated heterocycles. The fourth-order valence-electron chi connectivity index (χ4n) is 2.68. The minimum atomic E-state index is -0.0955. The Morgan fingerprint density at radius 1 is 1.33 bits per heavy atom. The van der Waals surface area contributed by atoms with Gasteiger partial charge in [0.15, 0.2) is 0 Å².